The standard InChI is InChI=1S/C9H13N9/c1-12-9(11)18-15-5-8-3-13-2-7(17-8)4-14-16-6-10/h2-6H,1H3,(H2,10,16)(H3,11,12,18)/b14-4+,15-5+. The van der Waals surface area contributed by atoms with Crippen LogP contribution in [-0.2, 0) is 0 Å². The second-order valence-corrected chi connectivity index (χ2v) is 2.86. The number of aromatic nitrogens is 2. The van der Waals surface area contributed by atoms with Crippen LogP contribution in [0.25, 0.3) is 0 Å². The fraction of sp³-hybridized carbons (Fsp3) is 0.111. The predicted octanol–water partition coefficient (Wildman–Crippen LogP) is -1.33. The maximum Gasteiger partial charge on any atom is 0.209 e. The van der Waals surface area contributed by atoms with Crippen LogP contribution in [-0.4, -0.2) is 41.7 Å². The van der Waals surface area contributed by atoms with E-state index in [9.17, 15) is 0 Å². The third-order valence-electron chi connectivity index (χ3n) is 1.61. The molecule has 0 radical (unpaired) electrons. The molecule has 0 unspecified atom stereocenters. The van der Waals surface area contributed by atoms with Gasteiger partial charge in [0.25, 0.3) is 0 Å². The van der Waals surface area contributed by atoms with E-state index in [0.29, 0.717) is 11.4 Å². The molecule has 18 heavy (non-hydrogen) atoms. The van der Waals surface area contributed by atoms with Crippen LogP contribution in [0.1, 0.15) is 11.4 Å². The van der Waals surface area contributed by atoms with Gasteiger partial charge in [0.2, 0.25) is 5.96 Å². The third kappa shape index (κ3) is 4.79. The molecule has 0 atom stereocenters. The van der Waals surface area contributed by atoms with Gasteiger partial charge in [-0.25, -0.2) is 10.4 Å². The lowest BCUT2D eigenvalue weighted by Crippen LogP contribution is -2.26. The molecule has 1 rings (SSSR count). The summed E-state index contributed by atoms with van der Waals surface area (Å²) < 4.78 is 0. The molecule has 94 valence electrons. The quantitative estimate of drug-likeness (QED) is 0.343. The molecular formula is C9H13N9. The second-order valence-electron chi connectivity index (χ2n) is 2.86. The van der Waals surface area contributed by atoms with E-state index in [4.69, 9.17) is 11.5 Å². The number of nitrogens with one attached hydrogen (secondary N) is 1. The van der Waals surface area contributed by atoms with Crippen LogP contribution < -0.4 is 16.9 Å². The highest BCUT2D eigenvalue weighted by atomic mass is 15.3. The first kappa shape index (κ1) is 13.2. The maximum atomic E-state index is 5.39. The Hall–Kier alpha value is -2.84. The van der Waals surface area contributed by atoms with Crippen molar-refractivity contribution in [1.29, 1.82) is 0 Å². The van der Waals surface area contributed by atoms with Gasteiger partial charge in [-0.15, -0.1) is 5.10 Å². The van der Waals surface area contributed by atoms with Gasteiger partial charge in [-0.1, -0.05) is 0 Å². The van der Waals surface area contributed by atoms with Crippen LogP contribution in [0.3, 0.4) is 0 Å². The van der Waals surface area contributed by atoms with Crippen molar-refractivity contribution in [2.75, 3.05) is 7.05 Å². The normalized spacial score (nSPS) is 12.8. The van der Waals surface area contributed by atoms with E-state index < -0.39 is 0 Å². The molecule has 9 heteroatoms. The molecule has 0 aliphatic carbocycles. The SMILES string of the molecule is CN=C(N)N/N=C/c1cncc(/C=N/N=C\N)n1. The van der Waals surface area contributed by atoms with Crippen LogP contribution in [0.2, 0.25) is 0 Å². The van der Waals surface area contributed by atoms with Crippen LogP contribution in [0.15, 0.2) is 32.7 Å². The van der Waals surface area contributed by atoms with Crippen molar-refractivity contribution < 1.29 is 0 Å². The van der Waals surface area contributed by atoms with Crippen molar-refractivity contribution in [2.45, 2.75) is 0 Å². The van der Waals surface area contributed by atoms with Gasteiger partial charge < -0.3 is 11.5 Å². The average molecular weight is 247 g/mol. The van der Waals surface area contributed by atoms with Crippen molar-refractivity contribution >= 4 is 24.7 Å². The Morgan fingerprint density at radius 2 is 2.00 bits per heavy atom. The Morgan fingerprint density at radius 1 is 1.28 bits per heavy atom. The van der Waals surface area contributed by atoms with Gasteiger partial charge in [-0.3, -0.25) is 9.98 Å². The highest BCUT2D eigenvalue weighted by molar-refractivity contribution is 5.83. The van der Waals surface area contributed by atoms with Gasteiger partial charge in [0.1, 0.15) is 17.7 Å². The Kier molecular flexibility index (Phi) is 5.46. The highest BCUT2D eigenvalue weighted by Gasteiger charge is 1.93. The van der Waals surface area contributed by atoms with Crippen LogP contribution in [0, 0.1) is 0 Å². The Morgan fingerprint density at radius 3 is 2.67 bits per heavy atom. The molecular weight excluding hydrogens is 234 g/mol. The van der Waals surface area contributed by atoms with Gasteiger partial charge in [0.05, 0.1) is 24.8 Å². The zero-order valence-corrected chi connectivity index (χ0v) is 9.72. The Balaban J connectivity index is 2.70. The predicted molar refractivity (Wildman–Crippen MR) is 70.6 cm³/mol. The van der Waals surface area contributed by atoms with E-state index in [0.717, 1.165) is 6.34 Å². The molecule has 0 bridgehead atoms. The second kappa shape index (κ2) is 7.44. The lowest BCUT2D eigenvalue weighted by atomic mass is 10.4. The third-order valence-corrected chi connectivity index (χ3v) is 1.61. The molecule has 0 amide bonds. The summed E-state index contributed by atoms with van der Waals surface area (Å²) in [5.41, 5.74) is 14.0. The summed E-state index contributed by atoms with van der Waals surface area (Å²) in [5.74, 6) is 0.203. The molecule has 0 spiro atoms. The number of nitrogens with two attached hydrogens (primary N) is 2. The average Bonchev–Trinajstić information content (AvgIpc) is 2.39. The largest absolute Gasteiger partial charge is 0.388 e. The molecule has 0 aromatic carbocycles. The topological polar surface area (TPSA) is 139 Å². The molecule has 9 nitrogen and oxygen atoms in total. The first-order chi connectivity index (χ1) is 8.76. The molecule has 1 aromatic rings. The van der Waals surface area contributed by atoms with E-state index in [1.165, 1.54) is 24.8 Å². The molecule has 0 aliphatic heterocycles. The van der Waals surface area contributed by atoms with E-state index >= 15 is 0 Å². The smallest absolute Gasteiger partial charge is 0.209 e. The van der Waals surface area contributed by atoms with Gasteiger partial charge in [-0.05, 0) is 0 Å². The van der Waals surface area contributed by atoms with Crippen LogP contribution >= 0.6 is 0 Å². The minimum atomic E-state index is 0.203. The summed E-state index contributed by atoms with van der Waals surface area (Å²) in [4.78, 5) is 11.8. The number of guanidine groups is 1. The van der Waals surface area contributed by atoms with Gasteiger partial charge in [0, 0.05) is 7.05 Å². The fourth-order valence-corrected chi connectivity index (χ4v) is 0.867. The maximum absolute atomic E-state index is 5.39. The van der Waals surface area contributed by atoms with E-state index in [2.05, 4.69) is 35.7 Å². The van der Waals surface area contributed by atoms with Crippen molar-refractivity contribution in [3.63, 3.8) is 0 Å². The molecule has 1 aromatic heterocycles. The minimum Gasteiger partial charge on any atom is -0.388 e. The Labute approximate surface area is 103 Å². The first-order valence-electron chi connectivity index (χ1n) is 4.86. The Bertz CT molecular complexity index is 489. The lowest BCUT2D eigenvalue weighted by Gasteiger charge is -1.96. The zero-order chi connectivity index (χ0) is 13.2. The monoisotopic (exact) mass is 247 g/mol. The number of nitrogens with zero attached hydrogens (tertiary/aromatic N) is 6. The van der Waals surface area contributed by atoms with E-state index in [1.54, 1.807) is 7.05 Å². The lowest BCUT2D eigenvalue weighted by molar-refractivity contribution is 1.00. The molecule has 0 aliphatic rings. The molecule has 0 saturated carbocycles. The number of rotatable bonds is 4. The van der Waals surface area contributed by atoms with Crippen LogP contribution in [0.5, 0.6) is 0 Å². The summed E-state index contributed by atoms with van der Waals surface area (Å²) in [5, 5.41) is 10.9. The minimum absolute atomic E-state index is 0.203. The number of hydrogen-bond donors (Lipinski definition) is 3. The highest BCUT2D eigenvalue weighted by Crippen LogP contribution is 1.91. The van der Waals surface area contributed by atoms with Crippen molar-refractivity contribution in [2.24, 2.45) is 31.8 Å². The van der Waals surface area contributed by atoms with Crippen molar-refractivity contribution in [1.82, 2.24) is 15.4 Å². The fourth-order valence-electron chi connectivity index (χ4n) is 0.867. The summed E-state index contributed by atoms with van der Waals surface area (Å²) in [6.45, 7) is 0. The molecule has 5 N–H and O–H groups in total. The first-order valence-corrected chi connectivity index (χ1v) is 4.86. The zero-order valence-electron chi connectivity index (χ0n) is 9.72. The van der Waals surface area contributed by atoms with Gasteiger partial charge in [-0.2, -0.15) is 10.2 Å². The van der Waals surface area contributed by atoms with E-state index in [1.807, 2.05) is 0 Å². The van der Waals surface area contributed by atoms with Gasteiger partial charge >= 0.3 is 0 Å². The van der Waals surface area contributed by atoms with Crippen molar-refractivity contribution in [3.8, 4) is 0 Å². The summed E-state index contributed by atoms with van der Waals surface area (Å²) in [6, 6.07) is 0. The summed E-state index contributed by atoms with van der Waals surface area (Å²) in [7, 11) is 1.55. The van der Waals surface area contributed by atoms with Crippen LogP contribution in [0.4, 0.5) is 0 Å². The number of hydrogen-bond acceptors (Lipinski definition) is 6. The molecule has 0 saturated heterocycles. The summed E-state index contributed by atoms with van der Waals surface area (Å²) >= 11 is 0. The molecule has 0 fully saturated rings. The van der Waals surface area contributed by atoms with Gasteiger partial charge in [0.15, 0.2) is 0 Å². The molecule has 1 heterocycles. The van der Waals surface area contributed by atoms with E-state index in [-0.39, 0.29) is 5.96 Å². The number of hydrazone groups is 1. The summed E-state index contributed by atoms with van der Waals surface area (Å²) in [6.07, 6.45) is 7.01. The number of aliphatic imine (C=N–C) groups is 1. The van der Waals surface area contributed by atoms with Crippen molar-refractivity contribution in [3.05, 3.63) is 23.8 Å².